The molecule has 0 radical (unpaired) electrons. The van der Waals surface area contributed by atoms with E-state index in [2.05, 4.69) is 15.6 Å². The fraction of sp³-hybridized carbons (Fsp3) is 0.444. The molecule has 0 bridgehead atoms. The van der Waals surface area contributed by atoms with Crippen molar-refractivity contribution in [2.75, 3.05) is 18.5 Å². The topological polar surface area (TPSA) is 84.1 Å². The Morgan fingerprint density at radius 3 is 2.62 bits per heavy atom. The van der Waals surface area contributed by atoms with Gasteiger partial charge >= 0.3 is 0 Å². The molecule has 6 nitrogen and oxygen atoms in total. The van der Waals surface area contributed by atoms with Crippen LogP contribution in [0, 0.1) is 0 Å². The Balaban J connectivity index is 3.06. The number of hydrogen-bond acceptors (Lipinski definition) is 5. The molecule has 3 N–H and O–H groups in total. The largest absolute Gasteiger partial charge is 0.339 e. The Bertz CT molecular complexity index is 380. The van der Waals surface area contributed by atoms with E-state index in [0.717, 1.165) is 0 Å². The number of carbonyl (C=O) groups is 1. The van der Waals surface area contributed by atoms with Gasteiger partial charge in [-0.25, -0.2) is 5.84 Å². The van der Waals surface area contributed by atoms with Gasteiger partial charge in [0.15, 0.2) is 11.0 Å². The molecule has 0 aliphatic heterocycles. The lowest BCUT2D eigenvalue weighted by molar-refractivity contribution is 0.0772. The van der Waals surface area contributed by atoms with Crippen molar-refractivity contribution < 1.29 is 4.79 Å². The summed E-state index contributed by atoms with van der Waals surface area (Å²) in [4.78, 5) is 13.6. The van der Waals surface area contributed by atoms with E-state index in [1.54, 1.807) is 4.90 Å². The highest BCUT2D eigenvalue weighted by Crippen LogP contribution is 2.16. The highest BCUT2D eigenvalue weighted by Gasteiger charge is 2.17. The summed E-state index contributed by atoms with van der Waals surface area (Å²) in [7, 11) is 0. The first-order chi connectivity index (χ1) is 7.63. The second kappa shape index (κ2) is 5.62. The van der Waals surface area contributed by atoms with E-state index in [1.807, 2.05) is 13.8 Å². The summed E-state index contributed by atoms with van der Waals surface area (Å²) >= 11 is 5.82. The van der Waals surface area contributed by atoms with Gasteiger partial charge < -0.3 is 10.3 Å². The van der Waals surface area contributed by atoms with Crippen LogP contribution >= 0.6 is 11.6 Å². The van der Waals surface area contributed by atoms with E-state index in [4.69, 9.17) is 17.4 Å². The van der Waals surface area contributed by atoms with Crippen LogP contribution in [0.5, 0.6) is 0 Å². The fourth-order valence-corrected chi connectivity index (χ4v) is 1.45. The molecule has 0 spiro atoms. The van der Waals surface area contributed by atoms with Gasteiger partial charge in [0, 0.05) is 13.1 Å². The van der Waals surface area contributed by atoms with Crippen LogP contribution in [0.4, 0.5) is 5.82 Å². The van der Waals surface area contributed by atoms with E-state index in [1.165, 1.54) is 6.07 Å². The molecular weight excluding hydrogens is 230 g/mol. The normalized spacial score (nSPS) is 10.0. The number of hydrazine groups is 1. The lowest BCUT2D eigenvalue weighted by Gasteiger charge is -2.18. The Hall–Kier alpha value is -1.40. The van der Waals surface area contributed by atoms with Crippen LogP contribution < -0.4 is 11.3 Å². The van der Waals surface area contributed by atoms with Crippen molar-refractivity contribution in [1.82, 2.24) is 15.1 Å². The molecule has 1 aromatic rings. The maximum Gasteiger partial charge on any atom is 0.257 e. The van der Waals surface area contributed by atoms with Crippen LogP contribution in [0.25, 0.3) is 0 Å². The zero-order valence-corrected chi connectivity index (χ0v) is 9.95. The summed E-state index contributed by atoms with van der Waals surface area (Å²) in [6, 6.07) is 1.48. The number of nitrogens with one attached hydrogen (secondary N) is 1. The number of aromatic nitrogens is 2. The van der Waals surface area contributed by atoms with Crippen molar-refractivity contribution in [2.45, 2.75) is 13.8 Å². The third kappa shape index (κ3) is 2.59. The van der Waals surface area contributed by atoms with Gasteiger partial charge in [0.2, 0.25) is 0 Å². The van der Waals surface area contributed by atoms with Crippen LogP contribution in [-0.2, 0) is 0 Å². The number of hydrogen-bond donors (Lipinski definition) is 2. The van der Waals surface area contributed by atoms with E-state index in [9.17, 15) is 4.79 Å². The lowest BCUT2D eigenvalue weighted by atomic mass is 10.2. The van der Waals surface area contributed by atoms with E-state index >= 15 is 0 Å². The molecule has 16 heavy (non-hydrogen) atoms. The molecule has 1 rings (SSSR count). The van der Waals surface area contributed by atoms with Crippen LogP contribution in [0.1, 0.15) is 24.2 Å². The van der Waals surface area contributed by atoms with E-state index in [-0.39, 0.29) is 11.1 Å². The number of nitrogens with two attached hydrogens (primary N) is 1. The van der Waals surface area contributed by atoms with Gasteiger partial charge in [-0.05, 0) is 19.9 Å². The first kappa shape index (κ1) is 12.7. The third-order valence-corrected chi connectivity index (χ3v) is 2.46. The Morgan fingerprint density at radius 2 is 2.12 bits per heavy atom. The Kier molecular flexibility index (Phi) is 4.45. The van der Waals surface area contributed by atoms with E-state index < -0.39 is 0 Å². The molecule has 0 saturated carbocycles. The maximum atomic E-state index is 12.0. The van der Waals surface area contributed by atoms with Gasteiger partial charge in [0.05, 0.1) is 5.56 Å². The predicted molar refractivity (Wildman–Crippen MR) is 62.1 cm³/mol. The average Bonchev–Trinajstić information content (AvgIpc) is 2.31. The fourth-order valence-electron chi connectivity index (χ4n) is 1.28. The monoisotopic (exact) mass is 243 g/mol. The van der Waals surface area contributed by atoms with Crippen LogP contribution in [0.2, 0.25) is 5.15 Å². The van der Waals surface area contributed by atoms with Gasteiger partial charge in [-0.3, -0.25) is 4.79 Å². The molecular formula is C9H14ClN5O. The van der Waals surface area contributed by atoms with Crippen molar-refractivity contribution in [2.24, 2.45) is 5.84 Å². The van der Waals surface area contributed by atoms with Gasteiger partial charge in [0.25, 0.3) is 5.91 Å². The predicted octanol–water partition coefficient (Wildman–Crippen LogP) is 0.898. The second-order valence-electron chi connectivity index (χ2n) is 3.06. The van der Waals surface area contributed by atoms with Crippen molar-refractivity contribution >= 4 is 23.3 Å². The van der Waals surface area contributed by atoms with Gasteiger partial charge in [0.1, 0.15) is 0 Å². The molecule has 0 fully saturated rings. The van der Waals surface area contributed by atoms with Crippen LogP contribution in [-0.4, -0.2) is 34.1 Å². The maximum absolute atomic E-state index is 12.0. The Labute approximate surface area is 98.7 Å². The molecule has 0 unspecified atom stereocenters. The summed E-state index contributed by atoms with van der Waals surface area (Å²) in [6.45, 7) is 5.01. The molecule has 1 amide bonds. The van der Waals surface area contributed by atoms with Crippen molar-refractivity contribution in [1.29, 1.82) is 0 Å². The van der Waals surface area contributed by atoms with Crippen LogP contribution in [0.15, 0.2) is 6.07 Å². The number of nitrogen functional groups attached to an aromatic ring is 1. The van der Waals surface area contributed by atoms with E-state index in [0.29, 0.717) is 24.5 Å². The Morgan fingerprint density at radius 1 is 1.50 bits per heavy atom. The number of rotatable bonds is 4. The van der Waals surface area contributed by atoms with Crippen molar-refractivity contribution in [3.05, 3.63) is 16.8 Å². The number of halogens is 1. The summed E-state index contributed by atoms with van der Waals surface area (Å²) in [5.74, 6) is 5.32. The molecule has 0 aliphatic carbocycles. The van der Waals surface area contributed by atoms with Gasteiger partial charge in [-0.1, -0.05) is 11.6 Å². The first-order valence-corrected chi connectivity index (χ1v) is 5.30. The molecule has 7 heteroatoms. The van der Waals surface area contributed by atoms with Crippen molar-refractivity contribution in [3.63, 3.8) is 0 Å². The summed E-state index contributed by atoms with van der Waals surface area (Å²) in [6.07, 6.45) is 0. The smallest absolute Gasteiger partial charge is 0.257 e. The highest BCUT2D eigenvalue weighted by atomic mass is 35.5. The number of anilines is 1. The lowest BCUT2D eigenvalue weighted by Crippen LogP contribution is -2.31. The summed E-state index contributed by atoms with van der Waals surface area (Å²) in [5, 5.41) is 7.39. The van der Waals surface area contributed by atoms with Gasteiger partial charge in [-0.2, -0.15) is 0 Å². The average molecular weight is 244 g/mol. The molecule has 1 aromatic heterocycles. The quantitative estimate of drug-likeness (QED) is 0.606. The van der Waals surface area contributed by atoms with Crippen LogP contribution in [0.3, 0.4) is 0 Å². The number of amides is 1. The zero-order valence-electron chi connectivity index (χ0n) is 9.20. The molecule has 0 atom stereocenters. The zero-order chi connectivity index (χ0) is 12.1. The number of carbonyl (C=O) groups excluding carboxylic acids is 1. The summed E-state index contributed by atoms with van der Waals surface area (Å²) in [5.41, 5.74) is 2.62. The molecule has 0 aromatic carbocycles. The first-order valence-electron chi connectivity index (χ1n) is 4.93. The molecule has 0 saturated heterocycles. The SMILES string of the molecule is CCN(CC)C(=O)c1cc(NN)nnc1Cl. The molecule has 0 aliphatic rings. The summed E-state index contributed by atoms with van der Waals surface area (Å²) < 4.78 is 0. The molecule has 1 heterocycles. The number of nitrogens with zero attached hydrogens (tertiary/aromatic N) is 3. The standard InChI is InChI=1S/C9H14ClN5O/c1-3-15(4-2)9(16)6-5-7(12-11)13-14-8(6)10/h5H,3-4,11H2,1-2H3,(H,12,13). The second-order valence-corrected chi connectivity index (χ2v) is 3.41. The van der Waals surface area contributed by atoms with Crippen molar-refractivity contribution in [3.8, 4) is 0 Å². The minimum atomic E-state index is -0.179. The minimum Gasteiger partial charge on any atom is -0.339 e. The highest BCUT2D eigenvalue weighted by molar-refractivity contribution is 6.32. The van der Waals surface area contributed by atoms with Gasteiger partial charge in [-0.15, -0.1) is 10.2 Å². The third-order valence-electron chi connectivity index (χ3n) is 2.18. The molecule has 88 valence electrons. The minimum absolute atomic E-state index is 0.0795.